The summed E-state index contributed by atoms with van der Waals surface area (Å²) in [6.45, 7) is 10.7. The molecular formula is C48H86O13. The highest BCUT2D eigenvalue weighted by molar-refractivity contribution is 5.71. The number of aliphatic carboxylic acids is 6. The van der Waals surface area contributed by atoms with Gasteiger partial charge in [0.05, 0.1) is 41.6 Å². The maximum atomic E-state index is 10.5. The lowest BCUT2D eigenvalue weighted by Gasteiger charge is -2.22. The van der Waals surface area contributed by atoms with Crippen LogP contribution in [0.15, 0.2) is 0 Å². The van der Waals surface area contributed by atoms with Crippen LogP contribution in [0.3, 0.4) is 0 Å². The molecular weight excluding hydrogens is 785 g/mol. The first-order chi connectivity index (χ1) is 28.2. The van der Waals surface area contributed by atoms with E-state index in [1.165, 1.54) is 32.1 Å². The Kier molecular flexibility index (Phi) is 29.9. The normalized spacial score (nSPS) is 33.1. The molecule has 0 aromatic heterocycles. The topological polar surface area (TPSA) is 244 Å². The Morgan fingerprint density at radius 3 is 0.574 bits per heavy atom. The number of hydrogen-bond acceptors (Lipinski definition) is 7. The van der Waals surface area contributed by atoms with Gasteiger partial charge in [-0.25, -0.2) is 0 Å². The van der Waals surface area contributed by atoms with Crippen LogP contribution in [0, 0.1) is 65.1 Å². The Labute approximate surface area is 366 Å². The van der Waals surface area contributed by atoms with Gasteiger partial charge in [0.25, 0.3) is 0 Å². The Bertz CT molecular complexity index is 1040. The molecule has 61 heavy (non-hydrogen) atoms. The van der Waals surface area contributed by atoms with Gasteiger partial charge in [-0.2, -0.15) is 0 Å². The second-order valence-electron chi connectivity index (χ2n) is 19.4. The van der Waals surface area contributed by atoms with Crippen LogP contribution in [0.25, 0.3) is 0 Å². The van der Waals surface area contributed by atoms with Crippen molar-refractivity contribution in [3.8, 4) is 0 Å². The predicted molar refractivity (Wildman–Crippen MR) is 236 cm³/mol. The Morgan fingerprint density at radius 1 is 0.295 bits per heavy atom. The van der Waals surface area contributed by atoms with E-state index in [-0.39, 0.29) is 49.0 Å². The molecule has 6 saturated carbocycles. The summed E-state index contributed by atoms with van der Waals surface area (Å²) in [5.74, 6) is -1.25. The summed E-state index contributed by atoms with van der Waals surface area (Å²) < 4.78 is 0. The highest BCUT2D eigenvalue weighted by Gasteiger charge is 2.28. The van der Waals surface area contributed by atoms with Crippen molar-refractivity contribution in [1.29, 1.82) is 0 Å². The van der Waals surface area contributed by atoms with E-state index in [1.54, 1.807) is 0 Å². The van der Waals surface area contributed by atoms with Gasteiger partial charge in [0.1, 0.15) is 0 Å². The number of aliphatic hydroxyl groups excluding tert-OH is 1. The average Bonchev–Trinajstić information content (AvgIpc) is 3.19. The van der Waals surface area contributed by atoms with E-state index in [1.807, 2.05) is 0 Å². The van der Waals surface area contributed by atoms with Crippen molar-refractivity contribution < 1.29 is 64.5 Å². The second-order valence-corrected chi connectivity index (χ2v) is 19.4. The molecule has 356 valence electrons. The fourth-order valence-corrected chi connectivity index (χ4v) is 9.68. The largest absolute Gasteiger partial charge is 0.481 e. The van der Waals surface area contributed by atoms with Crippen molar-refractivity contribution in [2.75, 3.05) is 0 Å². The van der Waals surface area contributed by atoms with Gasteiger partial charge < -0.3 is 35.7 Å². The van der Waals surface area contributed by atoms with Crippen molar-refractivity contribution in [2.45, 2.75) is 202 Å². The third-order valence-electron chi connectivity index (χ3n) is 13.4. The monoisotopic (exact) mass is 871 g/mol. The summed E-state index contributed by atoms with van der Waals surface area (Å²) in [4.78, 5) is 62.9. The molecule has 6 aliphatic carbocycles. The summed E-state index contributed by atoms with van der Waals surface area (Å²) in [7, 11) is 0. The van der Waals surface area contributed by atoms with Gasteiger partial charge in [0, 0.05) is 0 Å². The van der Waals surface area contributed by atoms with Crippen molar-refractivity contribution >= 4 is 35.8 Å². The molecule has 0 spiro atoms. The molecule has 6 rings (SSSR count). The third kappa shape index (κ3) is 26.1. The molecule has 13 nitrogen and oxygen atoms in total. The molecule has 0 amide bonds. The van der Waals surface area contributed by atoms with E-state index in [9.17, 15) is 28.8 Å². The molecule has 13 heteroatoms. The van der Waals surface area contributed by atoms with Crippen LogP contribution in [0.5, 0.6) is 0 Å². The molecule has 0 bridgehead atoms. The Morgan fingerprint density at radius 2 is 0.459 bits per heavy atom. The lowest BCUT2D eigenvalue weighted by molar-refractivity contribution is -0.144. The maximum Gasteiger partial charge on any atom is 0.306 e. The van der Waals surface area contributed by atoms with Crippen LogP contribution >= 0.6 is 0 Å². The fourth-order valence-electron chi connectivity index (χ4n) is 9.68. The van der Waals surface area contributed by atoms with Crippen molar-refractivity contribution in [2.24, 2.45) is 65.1 Å². The van der Waals surface area contributed by atoms with Crippen LogP contribution in [0.4, 0.5) is 0 Å². The third-order valence-corrected chi connectivity index (χ3v) is 13.4. The van der Waals surface area contributed by atoms with Crippen LogP contribution in [0.2, 0.25) is 0 Å². The van der Waals surface area contributed by atoms with Gasteiger partial charge in [0.2, 0.25) is 0 Å². The highest BCUT2D eigenvalue weighted by Crippen LogP contribution is 2.32. The molecule has 7 N–H and O–H groups in total. The van der Waals surface area contributed by atoms with Crippen LogP contribution in [-0.2, 0) is 28.8 Å². The Hall–Kier alpha value is -3.22. The number of carboxylic acids is 6. The zero-order valence-corrected chi connectivity index (χ0v) is 37.5. The van der Waals surface area contributed by atoms with Crippen LogP contribution in [-0.4, -0.2) is 77.7 Å². The van der Waals surface area contributed by atoms with Gasteiger partial charge in [-0.05, 0) is 113 Å². The molecule has 6 aliphatic rings. The number of carbonyl (C=O) groups is 6. The number of hydrogen-bond donors (Lipinski definition) is 7. The predicted octanol–water partition coefficient (Wildman–Crippen LogP) is 10.7. The minimum absolute atomic E-state index is 0. The molecule has 0 heterocycles. The second kappa shape index (κ2) is 31.6. The van der Waals surface area contributed by atoms with Gasteiger partial charge in [-0.1, -0.05) is 113 Å². The van der Waals surface area contributed by atoms with Gasteiger partial charge >= 0.3 is 35.8 Å². The molecule has 0 aromatic carbocycles. The van der Waals surface area contributed by atoms with Crippen LogP contribution in [0.1, 0.15) is 196 Å². The molecule has 6 fully saturated rings. The zero-order chi connectivity index (χ0) is 45.4. The fraction of sp³-hybridized carbons (Fsp3) is 0.875. The summed E-state index contributed by atoms with van der Waals surface area (Å²) >= 11 is 0. The molecule has 12 unspecified atom stereocenters. The first-order valence-corrected chi connectivity index (χ1v) is 23.2. The smallest absolute Gasteiger partial charge is 0.306 e. The number of rotatable bonds is 6. The highest BCUT2D eigenvalue weighted by atomic mass is 16.4. The minimum atomic E-state index is -0.765. The summed E-state index contributed by atoms with van der Waals surface area (Å²) in [5.41, 5.74) is 0. The van der Waals surface area contributed by atoms with Gasteiger partial charge in [-0.15, -0.1) is 0 Å². The number of aliphatic hydroxyl groups is 1. The van der Waals surface area contributed by atoms with Crippen LogP contribution < -0.4 is 0 Å². The van der Waals surface area contributed by atoms with E-state index >= 15 is 0 Å². The van der Waals surface area contributed by atoms with Crippen molar-refractivity contribution in [1.82, 2.24) is 0 Å². The summed E-state index contributed by atoms with van der Waals surface area (Å²) in [6, 6.07) is 0. The Balaban J connectivity index is 0.000000706. The molecule has 0 aliphatic heterocycles. The van der Waals surface area contributed by atoms with E-state index < -0.39 is 35.8 Å². The first kappa shape index (κ1) is 57.8. The van der Waals surface area contributed by atoms with E-state index in [2.05, 4.69) is 34.6 Å². The summed E-state index contributed by atoms with van der Waals surface area (Å²) in [6.07, 6.45) is 22.8. The standard InChI is InChI=1S/5C8H14O2.C7H12O3.CH4/c5*1-6-3-2-4-7(5-6)8(9)10;8-6-3-1-2-5(4-6)7(9)10;/h5*6-7H,2-5H2,1H3,(H,9,10);5-6,8H,1-4H2,(H,9,10);1H4. The molecule has 0 aromatic rings. The first-order valence-electron chi connectivity index (χ1n) is 23.2. The minimum Gasteiger partial charge on any atom is -0.481 e. The lowest BCUT2D eigenvalue weighted by atomic mass is 9.83. The molecule has 0 saturated heterocycles. The van der Waals surface area contributed by atoms with E-state index in [0.29, 0.717) is 36.0 Å². The average molecular weight is 871 g/mol. The maximum absolute atomic E-state index is 10.5. The lowest BCUT2D eigenvalue weighted by Crippen LogP contribution is -2.25. The van der Waals surface area contributed by atoms with E-state index in [0.717, 1.165) is 116 Å². The van der Waals surface area contributed by atoms with E-state index in [4.69, 9.17) is 35.7 Å². The summed E-state index contributed by atoms with van der Waals surface area (Å²) in [5, 5.41) is 60.9. The molecule has 12 atom stereocenters. The quantitative estimate of drug-likeness (QED) is 0.131. The van der Waals surface area contributed by atoms with Crippen molar-refractivity contribution in [3.63, 3.8) is 0 Å². The zero-order valence-electron chi connectivity index (χ0n) is 37.5. The van der Waals surface area contributed by atoms with Gasteiger partial charge in [-0.3, -0.25) is 28.8 Å². The van der Waals surface area contributed by atoms with Crippen molar-refractivity contribution in [3.05, 3.63) is 0 Å². The SMILES string of the molecule is C.CC1CCCC(C(=O)O)C1.CC1CCCC(C(=O)O)C1.CC1CCCC(C(=O)O)C1.CC1CCCC(C(=O)O)C1.CC1CCCC(C(=O)O)C1.O=C(O)C1CCCC(O)C1. The number of carboxylic acid groups (broad SMARTS) is 6. The molecule has 0 radical (unpaired) electrons. The van der Waals surface area contributed by atoms with Gasteiger partial charge in [0.15, 0.2) is 0 Å².